The zero-order valence-electron chi connectivity index (χ0n) is 16.4. The van der Waals surface area contributed by atoms with Gasteiger partial charge >= 0.3 is 0 Å². The van der Waals surface area contributed by atoms with E-state index in [-0.39, 0.29) is 24.4 Å². The van der Waals surface area contributed by atoms with Crippen molar-refractivity contribution in [3.8, 4) is 0 Å². The minimum absolute atomic E-state index is 0. The number of carbonyl (C=O) groups excluding carboxylic acids is 1. The maximum Gasteiger partial charge on any atom is 0.255 e. The first-order valence-corrected chi connectivity index (χ1v) is 9.65. The summed E-state index contributed by atoms with van der Waals surface area (Å²) >= 11 is 0. The van der Waals surface area contributed by atoms with E-state index in [2.05, 4.69) is 39.1 Å². The number of nitrogens with one attached hydrogen (secondary N) is 1. The standard InChI is InChI=1S/C20H27N5O2.ClH/c1-15-13-24(19(26)20(27-2)8-10-21-11-9-20)14-18-23-22-17(25(15)18)12-16-6-4-3-5-7-16;/h3-7,15,21H,8-14H2,1-2H3;1H/t15-;/m0./s1. The molecule has 28 heavy (non-hydrogen) atoms. The van der Waals surface area contributed by atoms with E-state index in [9.17, 15) is 4.79 Å². The third-order valence-corrected chi connectivity index (χ3v) is 5.78. The molecule has 0 spiro atoms. The van der Waals surface area contributed by atoms with Crippen molar-refractivity contribution in [3.05, 3.63) is 47.5 Å². The number of rotatable bonds is 4. The molecule has 1 aromatic carbocycles. The number of nitrogens with zero attached hydrogens (tertiary/aromatic N) is 4. The Morgan fingerprint density at radius 2 is 1.96 bits per heavy atom. The quantitative estimate of drug-likeness (QED) is 0.841. The highest BCUT2D eigenvalue weighted by atomic mass is 35.5. The monoisotopic (exact) mass is 405 g/mol. The van der Waals surface area contributed by atoms with Crippen molar-refractivity contribution in [3.63, 3.8) is 0 Å². The number of hydrogen-bond donors (Lipinski definition) is 1. The van der Waals surface area contributed by atoms with Gasteiger partial charge in [-0.05, 0) is 38.4 Å². The van der Waals surface area contributed by atoms with E-state index in [4.69, 9.17) is 4.74 Å². The Morgan fingerprint density at radius 1 is 1.25 bits per heavy atom. The van der Waals surface area contributed by atoms with Crippen LogP contribution in [0.4, 0.5) is 0 Å². The summed E-state index contributed by atoms with van der Waals surface area (Å²) in [5, 5.41) is 12.1. The number of carbonyl (C=O) groups is 1. The minimum Gasteiger partial charge on any atom is -0.368 e. The topological polar surface area (TPSA) is 72.3 Å². The summed E-state index contributed by atoms with van der Waals surface area (Å²) in [4.78, 5) is 15.2. The van der Waals surface area contributed by atoms with Crippen molar-refractivity contribution < 1.29 is 9.53 Å². The van der Waals surface area contributed by atoms with Crippen LogP contribution in [0.25, 0.3) is 0 Å². The number of benzene rings is 1. The number of methoxy groups -OCH3 is 1. The normalized spacial score (nSPS) is 20.9. The molecule has 1 atom stereocenters. The third kappa shape index (κ3) is 3.79. The van der Waals surface area contributed by atoms with Crippen molar-refractivity contribution in [2.45, 2.75) is 44.4 Å². The maximum atomic E-state index is 13.3. The zero-order valence-corrected chi connectivity index (χ0v) is 17.2. The van der Waals surface area contributed by atoms with Crippen LogP contribution in [0.2, 0.25) is 0 Å². The van der Waals surface area contributed by atoms with Crippen LogP contribution in [0, 0.1) is 0 Å². The highest BCUT2D eigenvalue weighted by Gasteiger charge is 2.44. The lowest BCUT2D eigenvalue weighted by molar-refractivity contribution is -0.160. The third-order valence-electron chi connectivity index (χ3n) is 5.78. The van der Waals surface area contributed by atoms with Crippen molar-refractivity contribution in [1.82, 2.24) is 25.0 Å². The van der Waals surface area contributed by atoms with E-state index in [1.807, 2.05) is 23.1 Å². The van der Waals surface area contributed by atoms with Crippen LogP contribution < -0.4 is 5.32 Å². The van der Waals surface area contributed by atoms with Gasteiger partial charge < -0.3 is 19.5 Å². The molecular weight excluding hydrogens is 378 g/mol. The fourth-order valence-corrected chi connectivity index (χ4v) is 4.29. The molecule has 2 aliphatic heterocycles. The zero-order chi connectivity index (χ0) is 18.9. The van der Waals surface area contributed by atoms with Gasteiger partial charge in [0.05, 0.1) is 12.6 Å². The summed E-state index contributed by atoms with van der Waals surface area (Å²) in [6.45, 7) is 4.89. The second-order valence-electron chi connectivity index (χ2n) is 7.55. The molecule has 0 radical (unpaired) electrons. The smallest absolute Gasteiger partial charge is 0.255 e. The number of halogens is 1. The molecular formula is C20H28ClN5O2. The molecule has 4 rings (SSSR count). The predicted octanol–water partition coefficient (Wildman–Crippen LogP) is 1.96. The molecule has 2 aliphatic rings. The SMILES string of the molecule is COC1(C(=O)N2Cc3nnc(Cc4ccccc4)n3[C@@H](C)C2)CCNCC1.Cl. The molecule has 8 heteroatoms. The van der Waals surface area contributed by atoms with Crippen LogP contribution in [0.15, 0.2) is 30.3 Å². The summed E-state index contributed by atoms with van der Waals surface area (Å²) in [7, 11) is 1.65. The second kappa shape index (κ2) is 8.59. The van der Waals surface area contributed by atoms with E-state index in [0.29, 0.717) is 25.9 Å². The Labute approximate surface area is 171 Å². The predicted molar refractivity (Wildman–Crippen MR) is 108 cm³/mol. The number of aromatic nitrogens is 3. The van der Waals surface area contributed by atoms with Crippen molar-refractivity contribution >= 4 is 18.3 Å². The second-order valence-corrected chi connectivity index (χ2v) is 7.55. The van der Waals surface area contributed by atoms with Gasteiger partial charge in [-0.2, -0.15) is 0 Å². The summed E-state index contributed by atoms with van der Waals surface area (Å²) in [6.07, 6.45) is 2.16. The Bertz CT molecular complexity index is 804. The molecule has 1 aromatic heterocycles. The Balaban J connectivity index is 0.00000225. The first kappa shape index (κ1) is 20.8. The van der Waals surface area contributed by atoms with E-state index in [1.165, 1.54) is 5.56 Å². The molecule has 1 fully saturated rings. The highest BCUT2D eigenvalue weighted by molar-refractivity contribution is 5.86. The fourth-order valence-electron chi connectivity index (χ4n) is 4.29. The minimum atomic E-state index is -0.708. The van der Waals surface area contributed by atoms with Gasteiger partial charge in [0.25, 0.3) is 5.91 Å². The van der Waals surface area contributed by atoms with E-state index in [0.717, 1.165) is 31.2 Å². The van der Waals surface area contributed by atoms with Crippen LogP contribution in [0.3, 0.4) is 0 Å². The van der Waals surface area contributed by atoms with Crippen LogP contribution in [-0.4, -0.2) is 57.9 Å². The molecule has 0 bridgehead atoms. The number of amides is 1. The molecule has 7 nitrogen and oxygen atoms in total. The largest absolute Gasteiger partial charge is 0.368 e. The number of ether oxygens (including phenoxy) is 1. The van der Waals surface area contributed by atoms with Gasteiger partial charge in [-0.1, -0.05) is 30.3 Å². The summed E-state index contributed by atoms with van der Waals surface area (Å²) < 4.78 is 7.92. The molecule has 0 saturated carbocycles. The van der Waals surface area contributed by atoms with Crippen molar-refractivity contribution in [2.75, 3.05) is 26.7 Å². The lowest BCUT2D eigenvalue weighted by atomic mass is 9.90. The molecule has 1 N–H and O–H groups in total. The lowest BCUT2D eigenvalue weighted by Gasteiger charge is -2.41. The van der Waals surface area contributed by atoms with E-state index < -0.39 is 5.60 Å². The summed E-state index contributed by atoms with van der Waals surface area (Å²) in [6, 6.07) is 10.4. The van der Waals surface area contributed by atoms with E-state index in [1.54, 1.807) is 7.11 Å². The molecule has 152 valence electrons. The molecule has 2 aromatic rings. The average molecular weight is 406 g/mol. The van der Waals surface area contributed by atoms with Gasteiger partial charge in [0.2, 0.25) is 0 Å². The highest BCUT2D eigenvalue weighted by Crippen LogP contribution is 2.30. The van der Waals surface area contributed by atoms with E-state index >= 15 is 0 Å². The maximum absolute atomic E-state index is 13.3. The van der Waals surface area contributed by atoms with Gasteiger partial charge in [0.1, 0.15) is 11.4 Å². The van der Waals surface area contributed by atoms with Gasteiger partial charge in [-0.25, -0.2) is 0 Å². The van der Waals surface area contributed by atoms with Crippen LogP contribution in [0.1, 0.15) is 43.0 Å². The number of piperidine rings is 1. The van der Waals surface area contributed by atoms with Crippen LogP contribution in [0.5, 0.6) is 0 Å². The molecule has 0 aliphatic carbocycles. The van der Waals surface area contributed by atoms with Gasteiger partial charge in [0.15, 0.2) is 5.82 Å². The number of hydrogen-bond acceptors (Lipinski definition) is 5. The Kier molecular flexibility index (Phi) is 6.37. The molecule has 1 amide bonds. The summed E-state index contributed by atoms with van der Waals surface area (Å²) in [5.41, 5.74) is 0.506. The van der Waals surface area contributed by atoms with Crippen molar-refractivity contribution in [1.29, 1.82) is 0 Å². The Morgan fingerprint density at radius 3 is 2.64 bits per heavy atom. The molecule has 1 saturated heterocycles. The van der Waals surface area contributed by atoms with Crippen molar-refractivity contribution in [2.24, 2.45) is 0 Å². The Hall–Kier alpha value is -1.96. The van der Waals surface area contributed by atoms with Gasteiger partial charge in [0, 0.05) is 20.1 Å². The first-order chi connectivity index (χ1) is 13.1. The summed E-state index contributed by atoms with van der Waals surface area (Å²) in [5.74, 6) is 1.89. The van der Waals surface area contributed by atoms with Gasteiger partial charge in [-0.3, -0.25) is 4.79 Å². The number of fused-ring (bicyclic) bond motifs is 1. The van der Waals surface area contributed by atoms with Crippen LogP contribution >= 0.6 is 12.4 Å². The average Bonchev–Trinajstić information content (AvgIpc) is 3.12. The lowest BCUT2D eigenvalue weighted by Crippen LogP contribution is -2.56. The van der Waals surface area contributed by atoms with Gasteiger partial charge in [-0.15, -0.1) is 22.6 Å². The molecule has 3 heterocycles. The van der Waals surface area contributed by atoms with Crippen LogP contribution in [-0.2, 0) is 22.5 Å². The fraction of sp³-hybridized carbons (Fsp3) is 0.550. The molecule has 0 unspecified atom stereocenters. The first-order valence-electron chi connectivity index (χ1n) is 9.65.